The predicted molar refractivity (Wildman–Crippen MR) is 42.7 cm³/mol. The van der Waals surface area contributed by atoms with Crippen LogP contribution in [0, 0.1) is 0 Å². The fourth-order valence-electron chi connectivity index (χ4n) is 1.55. The fraction of sp³-hybridized carbons (Fsp3) is 0.750. The molecule has 1 fully saturated rings. The highest BCUT2D eigenvalue weighted by Gasteiger charge is 2.52. The van der Waals surface area contributed by atoms with Crippen molar-refractivity contribution < 1.29 is 18.7 Å². The van der Waals surface area contributed by atoms with Gasteiger partial charge in [-0.1, -0.05) is 0 Å². The molecule has 1 saturated carbocycles. The lowest BCUT2D eigenvalue weighted by atomic mass is 9.75. The number of esters is 1. The quantitative estimate of drug-likeness (QED) is 0.628. The zero-order valence-electron chi connectivity index (χ0n) is 7.59. The molecule has 0 bridgehead atoms. The number of ether oxygens (including phenoxy) is 1. The second kappa shape index (κ2) is 3.32. The molecular formula is C8H12FNO3. The van der Waals surface area contributed by atoms with Crippen molar-refractivity contribution in [2.75, 3.05) is 7.11 Å². The molecule has 1 N–H and O–H groups in total. The third-order valence-corrected chi connectivity index (χ3v) is 2.13. The molecule has 0 spiro atoms. The van der Waals surface area contributed by atoms with Gasteiger partial charge in [-0.25, -0.2) is 9.18 Å². The van der Waals surface area contributed by atoms with Crippen LogP contribution in [0.5, 0.6) is 0 Å². The van der Waals surface area contributed by atoms with Gasteiger partial charge < -0.3 is 10.1 Å². The van der Waals surface area contributed by atoms with Gasteiger partial charge in [-0.2, -0.15) is 0 Å². The Kier molecular flexibility index (Phi) is 2.54. The summed E-state index contributed by atoms with van der Waals surface area (Å²) in [5.74, 6) is -0.922. The van der Waals surface area contributed by atoms with Gasteiger partial charge in [-0.3, -0.25) is 4.79 Å². The third-order valence-electron chi connectivity index (χ3n) is 2.13. The first kappa shape index (κ1) is 9.95. The first-order valence-electron chi connectivity index (χ1n) is 4.01. The maximum absolute atomic E-state index is 12.6. The summed E-state index contributed by atoms with van der Waals surface area (Å²) in [7, 11) is 1.22. The van der Waals surface area contributed by atoms with E-state index in [4.69, 9.17) is 0 Å². The molecule has 0 aromatic rings. The Hall–Kier alpha value is -1.13. The minimum Gasteiger partial charge on any atom is -0.467 e. The molecule has 1 aliphatic rings. The SMILES string of the molecule is COC(=O)[C@]1(NC(C)=O)C[C@H]([18F])C1. The summed E-state index contributed by atoms with van der Waals surface area (Å²) in [5.41, 5.74) is -1.11. The highest BCUT2D eigenvalue weighted by atomic mass is 18.2. The summed E-state index contributed by atoms with van der Waals surface area (Å²) in [5, 5.41) is 2.42. The molecule has 4 nitrogen and oxygen atoms in total. The van der Waals surface area contributed by atoms with Gasteiger partial charge >= 0.3 is 5.97 Å². The van der Waals surface area contributed by atoms with Crippen LogP contribution in [0.25, 0.3) is 0 Å². The van der Waals surface area contributed by atoms with Crippen LogP contribution in [0.15, 0.2) is 0 Å². The van der Waals surface area contributed by atoms with E-state index in [9.17, 15) is 14.0 Å². The van der Waals surface area contributed by atoms with E-state index < -0.39 is 17.7 Å². The maximum Gasteiger partial charge on any atom is 0.331 e. The van der Waals surface area contributed by atoms with Crippen molar-refractivity contribution in [2.24, 2.45) is 0 Å². The smallest absolute Gasteiger partial charge is 0.331 e. The van der Waals surface area contributed by atoms with Gasteiger partial charge in [0.2, 0.25) is 5.91 Å². The molecule has 0 aromatic carbocycles. The largest absolute Gasteiger partial charge is 0.467 e. The van der Waals surface area contributed by atoms with Gasteiger partial charge in [0.15, 0.2) is 0 Å². The van der Waals surface area contributed by atoms with Gasteiger partial charge in [0, 0.05) is 19.8 Å². The molecule has 0 saturated heterocycles. The molecule has 74 valence electrons. The van der Waals surface area contributed by atoms with Crippen LogP contribution in [0.3, 0.4) is 0 Å². The molecule has 0 aliphatic heterocycles. The summed E-state index contributed by atoms with van der Waals surface area (Å²) in [6, 6.07) is 0. The summed E-state index contributed by atoms with van der Waals surface area (Å²) in [6.07, 6.45) is -0.996. The minimum absolute atomic E-state index is 0.0131. The fourth-order valence-corrected chi connectivity index (χ4v) is 1.55. The Morgan fingerprint density at radius 2 is 2.08 bits per heavy atom. The van der Waals surface area contributed by atoms with E-state index in [1.807, 2.05) is 0 Å². The summed E-state index contributed by atoms with van der Waals surface area (Å²) < 4.78 is 17.1. The second-order valence-corrected chi connectivity index (χ2v) is 3.26. The summed E-state index contributed by atoms with van der Waals surface area (Å²) >= 11 is 0. The van der Waals surface area contributed by atoms with E-state index in [2.05, 4.69) is 10.1 Å². The van der Waals surface area contributed by atoms with Gasteiger partial charge in [-0.05, 0) is 0 Å². The third kappa shape index (κ3) is 1.79. The number of methoxy groups -OCH3 is 1. The van der Waals surface area contributed by atoms with Crippen molar-refractivity contribution in [3.8, 4) is 0 Å². The Bertz CT molecular complexity index is 236. The molecule has 1 rings (SSSR count). The Morgan fingerprint density at radius 1 is 1.54 bits per heavy atom. The van der Waals surface area contributed by atoms with E-state index >= 15 is 0 Å². The van der Waals surface area contributed by atoms with Crippen LogP contribution in [0.4, 0.5) is 4.39 Å². The van der Waals surface area contributed by atoms with Crippen LogP contribution in [-0.2, 0) is 14.3 Å². The number of hydrogen-bond acceptors (Lipinski definition) is 3. The Labute approximate surface area is 75.4 Å². The molecule has 0 aromatic heterocycles. The van der Waals surface area contributed by atoms with Crippen molar-refractivity contribution in [1.29, 1.82) is 0 Å². The number of hydrogen-bond donors (Lipinski definition) is 1. The van der Waals surface area contributed by atoms with Crippen LogP contribution >= 0.6 is 0 Å². The number of halogens is 1. The average molecular weight is 188 g/mol. The van der Waals surface area contributed by atoms with Crippen molar-refractivity contribution in [2.45, 2.75) is 31.5 Å². The molecule has 13 heavy (non-hydrogen) atoms. The van der Waals surface area contributed by atoms with E-state index in [0.29, 0.717) is 0 Å². The summed E-state index contributed by atoms with van der Waals surface area (Å²) in [4.78, 5) is 21.9. The maximum atomic E-state index is 12.6. The minimum atomic E-state index is -1.11. The molecule has 1 aliphatic carbocycles. The average Bonchev–Trinajstić information content (AvgIpc) is 1.98. The van der Waals surface area contributed by atoms with E-state index in [-0.39, 0.29) is 18.7 Å². The second-order valence-electron chi connectivity index (χ2n) is 3.26. The molecule has 0 atom stereocenters. The number of rotatable bonds is 2. The number of alkyl halides is 1. The number of carbonyl (C=O) groups is 2. The molecule has 0 unspecified atom stereocenters. The molecular weight excluding hydrogens is 176 g/mol. The van der Waals surface area contributed by atoms with Crippen molar-refractivity contribution in [3.63, 3.8) is 0 Å². The lowest BCUT2D eigenvalue weighted by Crippen LogP contribution is -2.63. The lowest BCUT2D eigenvalue weighted by molar-refractivity contribution is -0.158. The number of nitrogens with one attached hydrogen (secondary N) is 1. The topological polar surface area (TPSA) is 55.4 Å². The Morgan fingerprint density at radius 3 is 2.38 bits per heavy atom. The first-order valence-corrected chi connectivity index (χ1v) is 4.01. The highest BCUT2D eigenvalue weighted by Crippen LogP contribution is 2.35. The van der Waals surface area contributed by atoms with Crippen molar-refractivity contribution in [1.82, 2.24) is 5.32 Å². The number of carbonyl (C=O) groups excluding carboxylic acids is 2. The standard InChI is InChI=1S/C8H12FNO3/c1-5(11)10-8(7(12)13-2)3-6(9)4-8/h6H,3-4H2,1-2H3,(H,10,11)/t6-,8-/i9-1. The van der Waals surface area contributed by atoms with Gasteiger partial charge in [0.1, 0.15) is 11.7 Å². The highest BCUT2D eigenvalue weighted by molar-refractivity contribution is 5.88. The normalized spacial score (nSPS) is 31.8. The van der Waals surface area contributed by atoms with E-state index in [1.165, 1.54) is 14.0 Å². The number of amides is 1. The first-order chi connectivity index (χ1) is 6.00. The van der Waals surface area contributed by atoms with E-state index in [0.717, 1.165) is 0 Å². The molecule has 1 amide bonds. The lowest BCUT2D eigenvalue weighted by Gasteiger charge is -2.41. The monoisotopic (exact) mass is 188 g/mol. The molecule has 0 radical (unpaired) electrons. The van der Waals surface area contributed by atoms with Gasteiger partial charge in [0.05, 0.1) is 7.11 Å². The molecule has 5 heteroatoms. The zero-order chi connectivity index (χ0) is 10.1. The van der Waals surface area contributed by atoms with Gasteiger partial charge in [0.25, 0.3) is 0 Å². The zero-order valence-corrected chi connectivity index (χ0v) is 7.59. The van der Waals surface area contributed by atoms with Crippen molar-refractivity contribution in [3.05, 3.63) is 0 Å². The van der Waals surface area contributed by atoms with Crippen LogP contribution in [0.2, 0.25) is 0 Å². The van der Waals surface area contributed by atoms with E-state index in [1.54, 1.807) is 0 Å². The van der Waals surface area contributed by atoms with Crippen LogP contribution < -0.4 is 5.32 Å². The predicted octanol–water partition coefficient (Wildman–Crippen LogP) is 0.166. The Balaban J connectivity index is 2.66. The van der Waals surface area contributed by atoms with Crippen LogP contribution in [-0.4, -0.2) is 30.7 Å². The molecule has 0 heterocycles. The van der Waals surface area contributed by atoms with Gasteiger partial charge in [-0.15, -0.1) is 0 Å². The van der Waals surface area contributed by atoms with Crippen LogP contribution in [0.1, 0.15) is 19.8 Å². The van der Waals surface area contributed by atoms with Crippen molar-refractivity contribution >= 4 is 11.9 Å². The summed E-state index contributed by atoms with van der Waals surface area (Å²) in [6.45, 7) is 1.29.